The van der Waals surface area contributed by atoms with Gasteiger partial charge in [-0.2, -0.15) is 0 Å². The zero-order valence-corrected chi connectivity index (χ0v) is 12.2. The van der Waals surface area contributed by atoms with Gasteiger partial charge in [0.15, 0.2) is 5.78 Å². The molecule has 1 heterocycles. The molecule has 0 aromatic heterocycles. The molecule has 92 valence electrons. The fraction of sp³-hybridized carbons (Fsp3) is 0.286. The maximum atomic E-state index is 12.1. The highest BCUT2D eigenvalue weighted by molar-refractivity contribution is 14.1. The Morgan fingerprint density at radius 3 is 2.56 bits per heavy atom. The van der Waals surface area contributed by atoms with Crippen LogP contribution in [0, 0.1) is 22.8 Å². The van der Waals surface area contributed by atoms with Crippen LogP contribution in [-0.4, -0.2) is 17.7 Å². The van der Waals surface area contributed by atoms with E-state index in [9.17, 15) is 9.59 Å². The number of rotatable bonds is 1. The summed E-state index contributed by atoms with van der Waals surface area (Å²) in [6.45, 7) is 3.57. The third kappa shape index (κ3) is 2.03. The Kier molecular flexibility index (Phi) is 3.44. The minimum Gasteiger partial charge on any atom is -0.346 e. The van der Waals surface area contributed by atoms with Gasteiger partial charge in [-0.25, -0.2) is 0 Å². The van der Waals surface area contributed by atoms with Crippen LogP contribution in [-0.2, 0) is 9.59 Å². The smallest absolute Gasteiger partial charge is 0.235 e. The summed E-state index contributed by atoms with van der Waals surface area (Å²) in [4.78, 5) is 24.0. The molecule has 0 saturated carbocycles. The molecule has 1 aliphatic rings. The van der Waals surface area contributed by atoms with Crippen molar-refractivity contribution in [3.63, 3.8) is 0 Å². The molecule has 1 N–H and O–H groups in total. The maximum Gasteiger partial charge on any atom is 0.235 e. The summed E-state index contributed by atoms with van der Waals surface area (Å²) in [7, 11) is 0. The van der Waals surface area contributed by atoms with Crippen LogP contribution in [0.15, 0.2) is 12.1 Å². The molecule has 1 aromatic rings. The SMILES string of the molecule is C#Cc1cc(I)cc(C)c1C1C(=O)NC(C)C1=O. The largest absolute Gasteiger partial charge is 0.346 e. The van der Waals surface area contributed by atoms with E-state index in [0.29, 0.717) is 11.1 Å². The van der Waals surface area contributed by atoms with Crippen LogP contribution in [0.5, 0.6) is 0 Å². The second kappa shape index (κ2) is 4.73. The lowest BCUT2D eigenvalue weighted by Crippen LogP contribution is -2.25. The van der Waals surface area contributed by atoms with Crippen molar-refractivity contribution in [1.82, 2.24) is 5.32 Å². The van der Waals surface area contributed by atoms with Gasteiger partial charge in [-0.15, -0.1) is 6.42 Å². The van der Waals surface area contributed by atoms with E-state index in [4.69, 9.17) is 6.42 Å². The summed E-state index contributed by atoms with van der Waals surface area (Å²) in [6, 6.07) is 3.32. The van der Waals surface area contributed by atoms with Crippen molar-refractivity contribution in [3.05, 3.63) is 32.4 Å². The zero-order chi connectivity index (χ0) is 13.4. The van der Waals surface area contributed by atoms with Crippen LogP contribution in [0.2, 0.25) is 0 Å². The van der Waals surface area contributed by atoms with Gasteiger partial charge in [0.05, 0.1) is 6.04 Å². The van der Waals surface area contributed by atoms with E-state index in [2.05, 4.69) is 33.8 Å². The highest BCUT2D eigenvalue weighted by Crippen LogP contribution is 2.30. The lowest BCUT2D eigenvalue weighted by Gasteiger charge is -2.13. The number of carbonyl (C=O) groups excluding carboxylic acids is 2. The molecule has 1 fully saturated rings. The number of halogens is 1. The number of aryl methyl sites for hydroxylation is 1. The minimum atomic E-state index is -0.761. The van der Waals surface area contributed by atoms with Crippen molar-refractivity contribution in [2.75, 3.05) is 0 Å². The predicted molar refractivity (Wildman–Crippen MR) is 77.2 cm³/mol. The maximum absolute atomic E-state index is 12.1. The minimum absolute atomic E-state index is 0.110. The van der Waals surface area contributed by atoms with Crippen molar-refractivity contribution in [3.8, 4) is 12.3 Å². The molecule has 2 rings (SSSR count). The molecule has 2 atom stereocenters. The quantitative estimate of drug-likeness (QED) is 0.475. The van der Waals surface area contributed by atoms with Gasteiger partial charge in [-0.05, 0) is 59.7 Å². The summed E-state index contributed by atoms with van der Waals surface area (Å²) in [6.07, 6.45) is 5.49. The van der Waals surface area contributed by atoms with Gasteiger partial charge in [0.25, 0.3) is 0 Å². The van der Waals surface area contributed by atoms with Crippen LogP contribution < -0.4 is 5.32 Å². The molecular weight excluding hydrogens is 341 g/mol. The Labute approximate surface area is 119 Å². The highest BCUT2D eigenvalue weighted by Gasteiger charge is 2.41. The molecule has 1 aliphatic heterocycles. The first-order valence-electron chi connectivity index (χ1n) is 5.56. The van der Waals surface area contributed by atoms with E-state index in [0.717, 1.165) is 9.13 Å². The summed E-state index contributed by atoms with van der Waals surface area (Å²) < 4.78 is 1.00. The third-order valence-electron chi connectivity index (χ3n) is 3.13. The van der Waals surface area contributed by atoms with Crippen LogP contribution in [0.25, 0.3) is 0 Å². The molecule has 3 nitrogen and oxygen atoms in total. The summed E-state index contributed by atoms with van der Waals surface area (Å²) in [5.74, 6) is 1.45. The van der Waals surface area contributed by atoms with Gasteiger partial charge < -0.3 is 5.32 Å². The third-order valence-corrected chi connectivity index (χ3v) is 3.75. The molecule has 0 spiro atoms. The lowest BCUT2D eigenvalue weighted by molar-refractivity contribution is -0.124. The normalized spacial score (nSPS) is 22.8. The van der Waals surface area contributed by atoms with Crippen molar-refractivity contribution in [2.24, 2.45) is 0 Å². The number of nitrogens with one attached hydrogen (secondary N) is 1. The van der Waals surface area contributed by atoms with Crippen molar-refractivity contribution >= 4 is 34.3 Å². The second-order valence-electron chi connectivity index (χ2n) is 4.39. The first-order valence-corrected chi connectivity index (χ1v) is 6.64. The predicted octanol–water partition coefficient (Wildman–Crippen LogP) is 1.75. The highest BCUT2D eigenvalue weighted by atomic mass is 127. The fourth-order valence-electron chi connectivity index (χ4n) is 2.28. The van der Waals surface area contributed by atoms with E-state index in [1.54, 1.807) is 6.92 Å². The summed E-state index contributed by atoms with van der Waals surface area (Å²) in [5, 5.41) is 2.65. The Balaban J connectivity index is 2.62. The van der Waals surface area contributed by atoms with Gasteiger partial charge >= 0.3 is 0 Å². The number of benzene rings is 1. The standard InChI is InChI=1S/C14H12INO2/c1-4-9-6-10(15)5-7(2)11(9)12-13(17)8(3)16-14(12)18/h1,5-6,8,12H,2-3H3,(H,16,18). The van der Waals surface area contributed by atoms with E-state index in [-0.39, 0.29) is 11.7 Å². The van der Waals surface area contributed by atoms with Crippen LogP contribution in [0.4, 0.5) is 0 Å². The Hall–Kier alpha value is -1.35. The fourth-order valence-corrected chi connectivity index (χ4v) is 3.06. The van der Waals surface area contributed by atoms with Gasteiger partial charge in [-0.1, -0.05) is 5.92 Å². The lowest BCUT2D eigenvalue weighted by atomic mass is 9.87. The number of hydrogen-bond acceptors (Lipinski definition) is 2. The van der Waals surface area contributed by atoms with Crippen molar-refractivity contribution in [2.45, 2.75) is 25.8 Å². The van der Waals surface area contributed by atoms with Gasteiger partial charge in [0.1, 0.15) is 5.92 Å². The Bertz CT molecular complexity index is 586. The number of carbonyl (C=O) groups is 2. The van der Waals surface area contributed by atoms with Gasteiger partial charge in [0.2, 0.25) is 5.91 Å². The molecule has 1 aromatic carbocycles. The monoisotopic (exact) mass is 353 g/mol. The molecule has 4 heteroatoms. The first kappa shape index (κ1) is 13.1. The summed E-state index contributed by atoms with van der Waals surface area (Å²) >= 11 is 2.17. The van der Waals surface area contributed by atoms with E-state index >= 15 is 0 Å². The number of amides is 1. The average molecular weight is 353 g/mol. The van der Waals surface area contributed by atoms with Crippen molar-refractivity contribution in [1.29, 1.82) is 0 Å². The van der Waals surface area contributed by atoms with Crippen LogP contribution in [0.1, 0.15) is 29.5 Å². The first-order chi connectivity index (χ1) is 8.45. The molecule has 0 aliphatic carbocycles. The number of terminal acetylenes is 1. The van der Waals surface area contributed by atoms with Crippen molar-refractivity contribution < 1.29 is 9.59 Å². The Morgan fingerprint density at radius 1 is 1.39 bits per heavy atom. The van der Waals surface area contributed by atoms with E-state index in [1.807, 2.05) is 19.1 Å². The molecule has 0 bridgehead atoms. The van der Waals surface area contributed by atoms with Gasteiger partial charge in [-0.3, -0.25) is 9.59 Å². The molecular formula is C14H12INO2. The molecule has 0 radical (unpaired) electrons. The molecule has 18 heavy (non-hydrogen) atoms. The molecule has 1 amide bonds. The summed E-state index contributed by atoms with van der Waals surface area (Å²) in [5.41, 5.74) is 2.18. The molecule has 2 unspecified atom stereocenters. The second-order valence-corrected chi connectivity index (χ2v) is 5.64. The van der Waals surface area contributed by atoms with Gasteiger partial charge in [0, 0.05) is 9.13 Å². The number of Topliss-reactive ketones (excluding diaryl/α,β-unsaturated/α-hetero) is 1. The topological polar surface area (TPSA) is 46.2 Å². The Morgan fingerprint density at radius 2 is 2.06 bits per heavy atom. The van der Waals surface area contributed by atoms with Crippen LogP contribution in [0.3, 0.4) is 0 Å². The number of hydrogen-bond donors (Lipinski definition) is 1. The molecule has 1 saturated heterocycles. The van der Waals surface area contributed by atoms with Crippen LogP contribution >= 0.6 is 22.6 Å². The van der Waals surface area contributed by atoms with E-state index in [1.165, 1.54) is 0 Å². The zero-order valence-electron chi connectivity index (χ0n) is 10.1. The van der Waals surface area contributed by atoms with E-state index < -0.39 is 12.0 Å². The number of ketones is 1. The average Bonchev–Trinajstić information content (AvgIpc) is 2.54.